The van der Waals surface area contributed by atoms with Gasteiger partial charge in [-0.05, 0) is 63.5 Å². The van der Waals surface area contributed by atoms with E-state index in [0.717, 1.165) is 18.5 Å². The van der Waals surface area contributed by atoms with Crippen LogP contribution in [0.2, 0.25) is 0 Å². The number of ether oxygens (including phenoxy) is 1. The summed E-state index contributed by atoms with van der Waals surface area (Å²) in [5, 5.41) is 0. The highest BCUT2D eigenvalue weighted by Gasteiger charge is 2.19. The van der Waals surface area contributed by atoms with E-state index in [9.17, 15) is 4.79 Å². The first kappa shape index (κ1) is 14.9. The molecule has 0 radical (unpaired) electrons. The summed E-state index contributed by atoms with van der Waals surface area (Å²) in [5.41, 5.74) is 7.93. The van der Waals surface area contributed by atoms with E-state index >= 15 is 0 Å². The molecule has 1 saturated heterocycles. The van der Waals surface area contributed by atoms with Gasteiger partial charge in [0.2, 0.25) is 0 Å². The van der Waals surface area contributed by atoms with E-state index in [1.54, 1.807) is 18.2 Å². The number of rotatable bonds is 4. The number of likely N-dealkylation sites (tertiary alicyclic amines) is 1. The van der Waals surface area contributed by atoms with E-state index in [1.165, 1.54) is 19.3 Å². The summed E-state index contributed by atoms with van der Waals surface area (Å²) in [5.74, 6) is -0.258. The summed E-state index contributed by atoms with van der Waals surface area (Å²) in [6.45, 7) is 3.52. The quantitative estimate of drug-likeness (QED) is 0.678. The lowest BCUT2D eigenvalue weighted by atomic mass is 10.0. The largest absolute Gasteiger partial charge is 0.462 e. The molecule has 1 aromatic rings. The predicted octanol–water partition coefficient (Wildman–Crippen LogP) is 2.61. The van der Waals surface area contributed by atoms with Crippen LogP contribution in [-0.2, 0) is 4.74 Å². The number of benzene rings is 1. The fourth-order valence-electron chi connectivity index (χ4n) is 2.68. The Morgan fingerprint density at radius 2 is 2.25 bits per heavy atom. The maximum atomic E-state index is 12.0. The molecule has 20 heavy (non-hydrogen) atoms. The summed E-state index contributed by atoms with van der Waals surface area (Å²) in [4.78, 5) is 14.3. The van der Waals surface area contributed by atoms with E-state index in [1.807, 2.05) is 6.92 Å². The lowest BCUT2D eigenvalue weighted by Crippen LogP contribution is -2.37. The highest BCUT2D eigenvalue weighted by atomic mass is 16.5. The number of carbonyl (C=O) groups is 1. The molecule has 1 aliphatic rings. The summed E-state index contributed by atoms with van der Waals surface area (Å²) in [6, 6.07) is 5.80. The number of nitrogens with two attached hydrogens (primary N) is 1. The Balaban J connectivity index is 1.81. The second-order valence-corrected chi connectivity index (χ2v) is 5.63. The highest BCUT2D eigenvalue weighted by Crippen LogP contribution is 2.18. The third-order valence-corrected chi connectivity index (χ3v) is 4.11. The second kappa shape index (κ2) is 6.75. The average Bonchev–Trinajstić information content (AvgIpc) is 2.44. The van der Waals surface area contributed by atoms with Crippen LogP contribution in [0.25, 0.3) is 0 Å². The molecular weight excluding hydrogens is 252 g/mol. The summed E-state index contributed by atoms with van der Waals surface area (Å²) in [6.07, 6.45) is 4.67. The zero-order valence-electron chi connectivity index (χ0n) is 12.4. The van der Waals surface area contributed by atoms with Gasteiger partial charge >= 0.3 is 5.97 Å². The predicted molar refractivity (Wildman–Crippen MR) is 80.8 cm³/mol. The van der Waals surface area contributed by atoms with Crippen molar-refractivity contribution in [3.8, 4) is 0 Å². The second-order valence-electron chi connectivity index (χ2n) is 5.63. The fraction of sp³-hybridized carbons (Fsp3) is 0.562. The molecule has 110 valence electrons. The Bertz CT molecular complexity index is 474. The molecule has 0 spiro atoms. The van der Waals surface area contributed by atoms with Crippen molar-refractivity contribution in [2.24, 2.45) is 0 Å². The fourth-order valence-corrected chi connectivity index (χ4v) is 2.68. The SMILES string of the molecule is Cc1cc(C(=O)OCCC2CCCCN2C)ccc1N. The van der Waals surface area contributed by atoms with Crippen molar-refractivity contribution in [2.75, 3.05) is 25.9 Å². The molecule has 0 bridgehead atoms. The first-order valence-electron chi connectivity index (χ1n) is 7.31. The van der Waals surface area contributed by atoms with Crippen molar-refractivity contribution in [3.05, 3.63) is 29.3 Å². The molecule has 1 fully saturated rings. The highest BCUT2D eigenvalue weighted by molar-refractivity contribution is 5.90. The molecule has 1 heterocycles. The van der Waals surface area contributed by atoms with Crippen molar-refractivity contribution in [3.63, 3.8) is 0 Å². The van der Waals surface area contributed by atoms with Gasteiger partial charge in [0.05, 0.1) is 12.2 Å². The van der Waals surface area contributed by atoms with Crippen molar-refractivity contribution < 1.29 is 9.53 Å². The Hall–Kier alpha value is -1.55. The molecule has 1 unspecified atom stereocenters. The number of piperidine rings is 1. The lowest BCUT2D eigenvalue weighted by molar-refractivity contribution is 0.0450. The topological polar surface area (TPSA) is 55.6 Å². The van der Waals surface area contributed by atoms with Gasteiger partial charge in [-0.3, -0.25) is 0 Å². The number of carbonyl (C=O) groups excluding carboxylic acids is 1. The third kappa shape index (κ3) is 3.73. The lowest BCUT2D eigenvalue weighted by Gasteiger charge is -2.32. The Morgan fingerprint density at radius 3 is 2.95 bits per heavy atom. The number of nitrogen functional groups attached to an aromatic ring is 1. The molecule has 0 aliphatic carbocycles. The molecule has 0 aromatic heterocycles. The van der Waals surface area contributed by atoms with Crippen molar-refractivity contribution in [1.82, 2.24) is 4.90 Å². The maximum absolute atomic E-state index is 12.0. The minimum atomic E-state index is -0.258. The molecule has 4 heteroatoms. The zero-order chi connectivity index (χ0) is 14.5. The smallest absolute Gasteiger partial charge is 0.338 e. The minimum absolute atomic E-state index is 0.258. The van der Waals surface area contributed by atoms with Crippen LogP contribution in [0.3, 0.4) is 0 Å². The van der Waals surface area contributed by atoms with Crippen LogP contribution in [0, 0.1) is 6.92 Å². The molecular formula is C16H24N2O2. The Morgan fingerprint density at radius 1 is 1.45 bits per heavy atom. The molecule has 2 N–H and O–H groups in total. The number of hydrogen-bond donors (Lipinski definition) is 1. The van der Waals surface area contributed by atoms with E-state index < -0.39 is 0 Å². The van der Waals surface area contributed by atoms with Gasteiger partial charge in [-0.1, -0.05) is 6.42 Å². The summed E-state index contributed by atoms with van der Waals surface area (Å²) in [7, 11) is 2.15. The van der Waals surface area contributed by atoms with Crippen LogP contribution >= 0.6 is 0 Å². The summed E-state index contributed by atoms with van der Waals surface area (Å²) >= 11 is 0. The molecule has 2 rings (SSSR count). The monoisotopic (exact) mass is 276 g/mol. The first-order valence-corrected chi connectivity index (χ1v) is 7.31. The van der Waals surface area contributed by atoms with E-state index in [0.29, 0.717) is 23.9 Å². The molecule has 1 aliphatic heterocycles. The molecule has 0 saturated carbocycles. The van der Waals surface area contributed by atoms with Gasteiger partial charge in [0, 0.05) is 11.7 Å². The molecule has 1 aromatic carbocycles. The van der Waals surface area contributed by atoms with E-state index in [4.69, 9.17) is 10.5 Å². The van der Waals surface area contributed by atoms with Gasteiger partial charge in [-0.25, -0.2) is 4.79 Å². The standard InChI is InChI=1S/C16H24N2O2/c1-12-11-13(6-7-15(12)17)16(19)20-10-8-14-5-3-4-9-18(14)2/h6-7,11,14H,3-5,8-10,17H2,1-2H3. The minimum Gasteiger partial charge on any atom is -0.462 e. The van der Waals surface area contributed by atoms with E-state index in [2.05, 4.69) is 11.9 Å². The average molecular weight is 276 g/mol. The number of nitrogens with zero attached hydrogens (tertiary/aromatic N) is 1. The van der Waals surface area contributed by atoms with Gasteiger partial charge in [0.15, 0.2) is 0 Å². The maximum Gasteiger partial charge on any atom is 0.338 e. The number of hydrogen-bond acceptors (Lipinski definition) is 4. The van der Waals surface area contributed by atoms with Crippen molar-refractivity contribution in [1.29, 1.82) is 0 Å². The number of esters is 1. The normalized spacial score (nSPS) is 19.8. The molecule has 0 amide bonds. The van der Waals surface area contributed by atoms with Crippen LogP contribution in [0.4, 0.5) is 5.69 Å². The van der Waals surface area contributed by atoms with Crippen LogP contribution in [0.1, 0.15) is 41.6 Å². The Labute approximate surface area is 120 Å². The van der Waals surface area contributed by atoms with Gasteiger partial charge in [0.25, 0.3) is 0 Å². The number of aryl methyl sites for hydroxylation is 1. The zero-order valence-corrected chi connectivity index (χ0v) is 12.4. The van der Waals surface area contributed by atoms with Gasteiger partial charge in [0.1, 0.15) is 0 Å². The van der Waals surface area contributed by atoms with Gasteiger partial charge in [-0.2, -0.15) is 0 Å². The third-order valence-electron chi connectivity index (χ3n) is 4.11. The van der Waals surface area contributed by atoms with Gasteiger partial charge in [-0.15, -0.1) is 0 Å². The van der Waals surface area contributed by atoms with Gasteiger partial charge < -0.3 is 15.4 Å². The summed E-state index contributed by atoms with van der Waals surface area (Å²) < 4.78 is 5.37. The van der Waals surface area contributed by atoms with Crippen LogP contribution in [-0.4, -0.2) is 37.1 Å². The first-order chi connectivity index (χ1) is 9.58. The van der Waals surface area contributed by atoms with Crippen LogP contribution < -0.4 is 5.73 Å². The Kier molecular flexibility index (Phi) is 5.01. The van der Waals surface area contributed by atoms with E-state index in [-0.39, 0.29) is 5.97 Å². The number of anilines is 1. The van der Waals surface area contributed by atoms with Crippen LogP contribution in [0.15, 0.2) is 18.2 Å². The van der Waals surface area contributed by atoms with Crippen molar-refractivity contribution in [2.45, 2.75) is 38.6 Å². The van der Waals surface area contributed by atoms with Crippen LogP contribution in [0.5, 0.6) is 0 Å². The molecule has 1 atom stereocenters. The van der Waals surface area contributed by atoms with Crippen molar-refractivity contribution >= 4 is 11.7 Å². The molecule has 4 nitrogen and oxygen atoms in total.